The molecule has 1 N–H and O–H groups in total. The van der Waals surface area contributed by atoms with Gasteiger partial charge in [0.1, 0.15) is 11.1 Å². The Morgan fingerprint density at radius 3 is 3.05 bits per heavy atom. The molecule has 114 valence electrons. The topological polar surface area (TPSA) is 53.4 Å². The Labute approximate surface area is 138 Å². The molecular formula is C16H15ClN2O2S. The van der Waals surface area contributed by atoms with Gasteiger partial charge < -0.3 is 10.0 Å². The Kier molecular flexibility index (Phi) is 4.55. The number of amides is 1. The van der Waals surface area contributed by atoms with Crippen LogP contribution in [0.1, 0.15) is 22.9 Å². The van der Waals surface area contributed by atoms with Crippen LogP contribution in [0, 0.1) is 0 Å². The number of benzene rings is 1. The monoisotopic (exact) mass is 334 g/mol. The third kappa shape index (κ3) is 3.20. The van der Waals surface area contributed by atoms with Crippen molar-refractivity contribution in [1.29, 1.82) is 0 Å². The third-order valence-corrected chi connectivity index (χ3v) is 5.03. The first-order valence-electron chi connectivity index (χ1n) is 6.93. The normalized spacial score (nSPS) is 18.5. The number of thioether (sulfide) groups is 1. The molecule has 0 radical (unpaired) electrons. The third-order valence-electron chi connectivity index (χ3n) is 3.53. The van der Waals surface area contributed by atoms with Crippen molar-refractivity contribution in [1.82, 2.24) is 9.88 Å². The van der Waals surface area contributed by atoms with Gasteiger partial charge in [0.2, 0.25) is 5.91 Å². The number of halogens is 1. The lowest BCUT2D eigenvalue weighted by Crippen LogP contribution is -2.36. The second-order valence-corrected chi connectivity index (χ2v) is 6.68. The van der Waals surface area contributed by atoms with E-state index in [1.807, 2.05) is 12.1 Å². The molecule has 1 aliphatic heterocycles. The number of aromatic hydroxyl groups is 1. The van der Waals surface area contributed by atoms with Crippen LogP contribution in [0.5, 0.6) is 5.75 Å². The molecule has 1 aliphatic rings. The highest BCUT2D eigenvalue weighted by Gasteiger charge is 2.31. The molecule has 6 heteroatoms. The van der Waals surface area contributed by atoms with Gasteiger partial charge in [-0.3, -0.25) is 9.78 Å². The molecule has 4 nitrogen and oxygen atoms in total. The summed E-state index contributed by atoms with van der Waals surface area (Å²) in [5.41, 5.74) is 1.64. The van der Waals surface area contributed by atoms with Gasteiger partial charge in [0.15, 0.2) is 0 Å². The molecule has 0 aliphatic carbocycles. The summed E-state index contributed by atoms with van der Waals surface area (Å²) in [5.74, 6) is 0.971. The molecule has 1 aromatic carbocycles. The van der Waals surface area contributed by atoms with Crippen molar-refractivity contribution in [2.45, 2.75) is 18.3 Å². The first-order valence-corrected chi connectivity index (χ1v) is 8.36. The number of phenolic OH excluding ortho intramolecular Hbond substituents is 1. The fraction of sp³-hybridized carbons (Fsp3) is 0.250. The second-order valence-electron chi connectivity index (χ2n) is 5.06. The average Bonchev–Trinajstić information content (AvgIpc) is 2.53. The summed E-state index contributed by atoms with van der Waals surface area (Å²) in [6.07, 6.45) is 3.96. The zero-order valence-electron chi connectivity index (χ0n) is 11.8. The molecule has 1 aromatic heterocycles. The van der Waals surface area contributed by atoms with Crippen LogP contribution >= 0.6 is 23.4 Å². The summed E-state index contributed by atoms with van der Waals surface area (Å²) in [6, 6.07) is 8.72. The second kappa shape index (κ2) is 6.58. The largest absolute Gasteiger partial charge is 0.508 e. The maximum Gasteiger partial charge on any atom is 0.224 e. The van der Waals surface area contributed by atoms with Crippen LogP contribution in [0.2, 0.25) is 5.02 Å². The lowest BCUT2D eigenvalue weighted by atomic mass is 10.1. The van der Waals surface area contributed by atoms with Crippen molar-refractivity contribution in [3.8, 4) is 5.75 Å². The zero-order chi connectivity index (χ0) is 15.5. The van der Waals surface area contributed by atoms with Gasteiger partial charge in [0.25, 0.3) is 0 Å². The van der Waals surface area contributed by atoms with E-state index in [1.54, 1.807) is 47.3 Å². The van der Waals surface area contributed by atoms with E-state index in [1.165, 1.54) is 0 Å². The first kappa shape index (κ1) is 15.2. The smallest absolute Gasteiger partial charge is 0.224 e. The number of hydrogen-bond acceptors (Lipinski definition) is 4. The number of phenols is 1. The molecule has 0 spiro atoms. The van der Waals surface area contributed by atoms with E-state index >= 15 is 0 Å². The van der Waals surface area contributed by atoms with E-state index in [0.717, 1.165) is 11.3 Å². The molecule has 2 aromatic rings. The van der Waals surface area contributed by atoms with Crippen LogP contribution < -0.4 is 0 Å². The van der Waals surface area contributed by atoms with Crippen LogP contribution in [0.25, 0.3) is 0 Å². The van der Waals surface area contributed by atoms with Crippen molar-refractivity contribution in [2.24, 2.45) is 0 Å². The summed E-state index contributed by atoms with van der Waals surface area (Å²) < 4.78 is 0. The van der Waals surface area contributed by atoms with Gasteiger partial charge in [-0.15, -0.1) is 11.8 Å². The number of pyridine rings is 1. The lowest BCUT2D eigenvalue weighted by Gasteiger charge is -2.35. The number of hydrogen-bond donors (Lipinski definition) is 1. The van der Waals surface area contributed by atoms with Crippen LogP contribution in [0.4, 0.5) is 0 Å². The Morgan fingerprint density at radius 2 is 2.27 bits per heavy atom. The molecule has 0 bridgehead atoms. The average molecular weight is 335 g/mol. The molecule has 2 heterocycles. The lowest BCUT2D eigenvalue weighted by molar-refractivity contribution is -0.132. The molecule has 1 atom stereocenters. The highest BCUT2D eigenvalue weighted by atomic mass is 35.5. The minimum Gasteiger partial charge on any atom is -0.508 e. The van der Waals surface area contributed by atoms with Crippen molar-refractivity contribution in [3.05, 3.63) is 58.9 Å². The number of rotatable bonds is 3. The summed E-state index contributed by atoms with van der Waals surface area (Å²) in [4.78, 5) is 18.2. The Bertz CT molecular complexity index is 681. The SMILES string of the molecule is O=C1CCSC(c2cc(Cl)ccc2O)N1Cc1cccnc1. The number of carbonyl (C=O) groups is 1. The number of carbonyl (C=O) groups excluding carboxylic acids is 1. The van der Waals surface area contributed by atoms with Gasteiger partial charge in [0.05, 0.1) is 0 Å². The van der Waals surface area contributed by atoms with E-state index in [0.29, 0.717) is 23.6 Å². The van der Waals surface area contributed by atoms with Gasteiger partial charge in [-0.25, -0.2) is 0 Å². The highest BCUT2D eigenvalue weighted by molar-refractivity contribution is 7.99. The van der Waals surface area contributed by atoms with Crippen molar-refractivity contribution < 1.29 is 9.90 Å². The summed E-state index contributed by atoms with van der Waals surface area (Å²) >= 11 is 7.68. The maximum absolute atomic E-state index is 12.4. The van der Waals surface area contributed by atoms with E-state index in [4.69, 9.17) is 11.6 Å². The predicted molar refractivity (Wildman–Crippen MR) is 87.7 cm³/mol. The Morgan fingerprint density at radius 1 is 1.41 bits per heavy atom. The van der Waals surface area contributed by atoms with Crippen molar-refractivity contribution in [2.75, 3.05) is 5.75 Å². The van der Waals surface area contributed by atoms with Crippen LogP contribution in [0.15, 0.2) is 42.7 Å². The first-order chi connectivity index (χ1) is 10.6. The minimum absolute atomic E-state index is 0.0759. The van der Waals surface area contributed by atoms with E-state index in [9.17, 15) is 9.90 Å². The van der Waals surface area contributed by atoms with Gasteiger partial charge in [0, 0.05) is 41.7 Å². The summed E-state index contributed by atoms with van der Waals surface area (Å²) in [6.45, 7) is 0.469. The molecule has 3 rings (SSSR count). The molecule has 1 amide bonds. The fourth-order valence-corrected chi connectivity index (χ4v) is 3.90. The fourth-order valence-electron chi connectivity index (χ4n) is 2.46. The van der Waals surface area contributed by atoms with E-state index in [2.05, 4.69) is 4.98 Å². The summed E-state index contributed by atoms with van der Waals surface area (Å²) in [7, 11) is 0. The minimum atomic E-state index is -0.236. The summed E-state index contributed by atoms with van der Waals surface area (Å²) in [5, 5.41) is 10.4. The zero-order valence-corrected chi connectivity index (χ0v) is 13.3. The van der Waals surface area contributed by atoms with Gasteiger partial charge in [-0.05, 0) is 29.8 Å². The molecule has 0 saturated carbocycles. The van der Waals surface area contributed by atoms with Crippen molar-refractivity contribution >= 4 is 29.3 Å². The molecule has 1 saturated heterocycles. The predicted octanol–water partition coefficient (Wildman–Crippen LogP) is 3.60. The Balaban J connectivity index is 1.93. The molecule has 1 unspecified atom stereocenters. The Hall–Kier alpha value is -1.72. The number of aromatic nitrogens is 1. The maximum atomic E-state index is 12.4. The molecular weight excluding hydrogens is 320 g/mol. The molecule has 22 heavy (non-hydrogen) atoms. The van der Waals surface area contributed by atoms with E-state index in [-0.39, 0.29) is 17.0 Å². The standard InChI is InChI=1S/C16H15ClN2O2S/c17-12-3-4-14(20)13(8-12)16-19(15(21)5-7-22-16)10-11-2-1-6-18-9-11/h1-4,6,8-9,16,20H,5,7,10H2. The van der Waals surface area contributed by atoms with Gasteiger partial charge in [-0.1, -0.05) is 17.7 Å². The highest BCUT2D eigenvalue weighted by Crippen LogP contribution is 2.42. The quantitative estimate of drug-likeness (QED) is 0.931. The van der Waals surface area contributed by atoms with Gasteiger partial charge >= 0.3 is 0 Å². The molecule has 1 fully saturated rings. The van der Waals surface area contributed by atoms with E-state index < -0.39 is 0 Å². The van der Waals surface area contributed by atoms with Crippen LogP contribution in [-0.4, -0.2) is 26.7 Å². The van der Waals surface area contributed by atoms with Gasteiger partial charge in [-0.2, -0.15) is 0 Å². The number of nitrogens with zero attached hydrogens (tertiary/aromatic N) is 2. The van der Waals surface area contributed by atoms with Crippen molar-refractivity contribution in [3.63, 3.8) is 0 Å². The van der Waals surface area contributed by atoms with Crippen LogP contribution in [-0.2, 0) is 11.3 Å². The van der Waals surface area contributed by atoms with Crippen LogP contribution in [0.3, 0.4) is 0 Å².